The van der Waals surface area contributed by atoms with E-state index in [0.29, 0.717) is 61.9 Å². The number of nitrogens with zero attached hydrogens (tertiary/aromatic N) is 5. The van der Waals surface area contributed by atoms with Crippen LogP contribution < -0.4 is 5.73 Å². The Kier molecular flexibility index (Phi) is 6.75. The predicted molar refractivity (Wildman–Crippen MR) is 131 cm³/mol. The quantitative estimate of drug-likeness (QED) is 0.581. The largest absolute Gasteiger partial charge is 0.408 e. The number of halogens is 2. The van der Waals surface area contributed by atoms with Crippen molar-refractivity contribution in [3.63, 3.8) is 0 Å². The number of carbonyl (C=O) groups is 1. The topological polar surface area (TPSA) is 101 Å². The maximum atomic E-state index is 13.6. The van der Waals surface area contributed by atoms with E-state index in [-0.39, 0.29) is 36.0 Å². The van der Waals surface area contributed by atoms with E-state index in [1.807, 2.05) is 15.9 Å². The average molecular weight is 493 g/mol. The van der Waals surface area contributed by atoms with E-state index in [1.165, 1.54) is 24.3 Å². The van der Waals surface area contributed by atoms with E-state index in [2.05, 4.69) is 10.2 Å². The molecule has 2 N–H and O–H groups in total. The molecule has 1 amide bonds. The van der Waals surface area contributed by atoms with Crippen molar-refractivity contribution in [2.24, 2.45) is 4.99 Å². The molecule has 0 bridgehead atoms. The SMILES string of the molecule is Nc1nnc(C2CCN(C(=O)CN3CCC=C(c4ccc(F)cc4)N=C3c3ccc(F)cc3)CC2)o1. The first kappa shape index (κ1) is 23.7. The lowest BCUT2D eigenvalue weighted by atomic mass is 9.97. The third-order valence-corrected chi connectivity index (χ3v) is 6.48. The van der Waals surface area contributed by atoms with Crippen molar-refractivity contribution in [1.82, 2.24) is 20.0 Å². The second-order valence-corrected chi connectivity index (χ2v) is 8.88. The maximum Gasteiger partial charge on any atom is 0.312 e. The van der Waals surface area contributed by atoms with E-state index >= 15 is 0 Å². The molecular weight excluding hydrogens is 466 g/mol. The van der Waals surface area contributed by atoms with Gasteiger partial charge in [-0.05, 0) is 67.8 Å². The molecule has 0 aliphatic carbocycles. The number of anilines is 1. The molecule has 10 heteroatoms. The highest BCUT2D eigenvalue weighted by atomic mass is 19.1. The average Bonchev–Trinajstić information content (AvgIpc) is 3.22. The molecule has 1 aromatic heterocycles. The van der Waals surface area contributed by atoms with Crippen LogP contribution in [0.15, 0.2) is 64.0 Å². The number of likely N-dealkylation sites (tertiary alicyclic amines) is 1. The molecule has 1 saturated heterocycles. The first-order valence-electron chi connectivity index (χ1n) is 11.9. The lowest BCUT2D eigenvalue weighted by Gasteiger charge is -2.33. The summed E-state index contributed by atoms with van der Waals surface area (Å²) in [5.41, 5.74) is 7.69. The van der Waals surface area contributed by atoms with Crippen LogP contribution in [-0.4, -0.2) is 57.9 Å². The molecule has 0 radical (unpaired) electrons. The van der Waals surface area contributed by atoms with E-state index in [9.17, 15) is 13.6 Å². The van der Waals surface area contributed by atoms with Crippen molar-refractivity contribution in [3.8, 4) is 0 Å². The zero-order chi connectivity index (χ0) is 25.1. The number of rotatable bonds is 5. The number of amides is 1. The Morgan fingerprint density at radius 3 is 2.19 bits per heavy atom. The fourth-order valence-corrected chi connectivity index (χ4v) is 4.55. The Morgan fingerprint density at radius 2 is 1.58 bits per heavy atom. The van der Waals surface area contributed by atoms with Crippen LogP contribution in [0.1, 0.15) is 42.2 Å². The minimum absolute atomic E-state index is 0.0152. The number of carbonyl (C=O) groups excluding carboxylic acids is 1. The van der Waals surface area contributed by atoms with E-state index in [1.54, 1.807) is 24.3 Å². The summed E-state index contributed by atoms with van der Waals surface area (Å²) in [6.45, 7) is 1.84. The van der Waals surface area contributed by atoms with Gasteiger partial charge in [0.25, 0.3) is 0 Å². The number of hydrogen-bond donors (Lipinski definition) is 1. The van der Waals surface area contributed by atoms with Crippen LogP contribution >= 0.6 is 0 Å². The molecule has 0 spiro atoms. The summed E-state index contributed by atoms with van der Waals surface area (Å²) in [6.07, 6.45) is 4.04. The first-order chi connectivity index (χ1) is 17.5. The molecule has 2 aliphatic rings. The monoisotopic (exact) mass is 492 g/mol. The highest BCUT2D eigenvalue weighted by molar-refractivity contribution is 6.03. The number of nitrogens with two attached hydrogens (primary N) is 1. The van der Waals surface area contributed by atoms with Crippen molar-refractivity contribution >= 4 is 23.5 Å². The number of nitrogen functional groups attached to an aromatic ring is 1. The van der Waals surface area contributed by atoms with Crippen LogP contribution in [0.4, 0.5) is 14.8 Å². The van der Waals surface area contributed by atoms with Crippen molar-refractivity contribution < 1.29 is 18.0 Å². The summed E-state index contributed by atoms with van der Waals surface area (Å²) in [6, 6.07) is 12.2. The fraction of sp³-hybridized carbons (Fsp3) is 0.308. The summed E-state index contributed by atoms with van der Waals surface area (Å²) in [4.78, 5) is 21.9. The van der Waals surface area contributed by atoms with Crippen LogP contribution in [-0.2, 0) is 4.79 Å². The van der Waals surface area contributed by atoms with Gasteiger partial charge in [0.15, 0.2) is 0 Å². The van der Waals surface area contributed by atoms with Gasteiger partial charge in [0, 0.05) is 36.7 Å². The van der Waals surface area contributed by atoms with Gasteiger partial charge in [-0.25, -0.2) is 13.8 Å². The standard InChI is InChI=1S/C26H26F2N6O2/c27-20-7-3-17(4-8-20)22-2-1-13-34(24(30-22)18-5-9-21(28)10-6-18)16-23(35)33-14-11-19(12-15-33)25-31-32-26(29)36-25/h2-10,19H,1,11-16H2,(H2,29,32). The lowest BCUT2D eigenvalue weighted by molar-refractivity contribution is -0.132. The van der Waals surface area contributed by atoms with Crippen molar-refractivity contribution in [2.45, 2.75) is 25.2 Å². The number of hydrogen-bond acceptors (Lipinski definition) is 7. The molecule has 186 valence electrons. The molecule has 3 heterocycles. The van der Waals surface area contributed by atoms with Crippen LogP contribution in [0.3, 0.4) is 0 Å². The van der Waals surface area contributed by atoms with Crippen LogP contribution in [0.25, 0.3) is 5.70 Å². The Hall–Kier alpha value is -4.08. The van der Waals surface area contributed by atoms with Crippen LogP contribution in [0, 0.1) is 11.6 Å². The highest BCUT2D eigenvalue weighted by Gasteiger charge is 2.29. The molecule has 5 rings (SSSR count). The summed E-state index contributed by atoms with van der Waals surface area (Å²) in [5, 5.41) is 7.70. The van der Waals surface area contributed by atoms with Crippen LogP contribution in [0.5, 0.6) is 0 Å². The number of aliphatic imine (C=N–C) groups is 1. The molecule has 8 nitrogen and oxygen atoms in total. The Bertz CT molecular complexity index is 1280. The highest BCUT2D eigenvalue weighted by Crippen LogP contribution is 2.28. The van der Waals surface area contributed by atoms with Gasteiger partial charge in [0.05, 0.1) is 12.2 Å². The van der Waals surface area contributed by atoms with Gasteiger partial charge in [-0.2, -0.15) is 0 Å². The Labute approximate surface area is 207 Å². The van der Waals surface area contributed by atoms with Crippen molar-refractivity contribution in [3.05, 3.63) is 83.3 Å². The van der Waals surface area contributed by atoms with Gasteiger partial charge >= 0.3 is 6.01 Å². The number of aromatic nitrogens is 2. The first-order valence-corrected chi connectivity index (χ1v) is 11.9. The number of benzene rings is 2. The third-order valence-electron chi connectivity index (χ3n) is 6.48. The fourth-order valence-electron chi connectivity index (χ4n) is 4.55. The summed E-state index contributed by atoms with van der Waals surface area (Å²) >= 11 is 0. The third kappa shape index (κ3) is 5.27. The number of amidine groups is 1. The molecule has 36 heavy (non-hydrogen) atoms. The van der Waals surface area contributed by atoms with E-state index < -0.39 is 0 Å². The maximum absolute atomic E-state index is 13.6. The van der Waals surface area contributed by atoms with Gasteiger partial charge in [-0.1, -0.05) is 11.2 Å². The van der Waals surface area contributed by atoms with Crippen molar-refractivity contribution in [2.75, 3.05) is 31.9 Å². The normalized spacial score (nSPS) is 16.9. The summed E-state index contributed by atoms with van der Waals surface area (Å²) < 4.78 is 32.4. The van der Waals surface area contributed by atoms with E-state index in [0.717, 1.165) is 5.56 Å². The zero-order valence-electron chi connectivity index (χ0n) is 19.6. The molecule has 0 unspecified atom stereocenters. The van der Waals surface area contributed by atoms with Gasteiger partial charge in [-0.3, -0.25) is 4.79 Å². The molecule has 0 saturated carbocycles. The Morgan fingerprint density at radius 1 is 0.944 bits per heavy atom. The molecular formula is C26H26F2N6O2. The lowest BCUT2D eigenvalue weighted by Crippen LogP contribution is -2.46. The molecule has 3 aromatic rings. The summed E-state index contributed by atoms with van der Waals surface area (Å²) in [7, 11) is 0. The van der Waals surface area contributed by atoms with Gasteiger partial charge < -0.3 is 20.0 Å². The Balaban J connectivity index is 1.34. The smallest absolute Gasteiger partial charge is 0.312 e. The molecule has 1 fully saturated rings. The minimum atomic E-state index is -0.351. The molecule has 2 aromatic carbocycles. The predicted octanol–water partition coefficient (Wildman–Crippen LogP) is 3.83. The van der Waals surface area contributed by atoms with Gasteiger partial charge in [0.2, 0.25) is 11.8 Å². The molecule has 0 atom stereocenters. The number of piperidine rings is 1. The second kappa shape index (κ2) is 10.3. The van der Waals surface area contributed by atoms with Gasteiger partial charge in [-0.15, -0.1) is 5.10 Å². The minimum Gasteiger partial charge on any atom is -0.408 e. The van der Waals surface area contributed by atoms with Gasteiger partial charge in [0.1, 0.15) is 17.5 Å². The zero-order valence-corrected chi connectivity index (χ0v) is 19.6. The summed E-state index contributed by atoms with van der Waals surface area (Å²) in [5.74, 6) is 0.476. The van der Waals surface area contributed by atoms with Crippen molar-refractivity contribution in [1.29, 1.82) is 0 Å². The second-order valence-electron chi connectivity index (χ2n) is 8.88. The molecule has 2 aliphatic heterocycles. The van der Waals surface area contributed by atoms with Crippen LogP contribution in [0.2, 0.25) is 0 Å². The van der Waals surface area contributed by atoms with E-state index in [4.69, 9.17) is 15.1 Å².